The van der Waals surface area contributed by atoms with Gasteiger partial charge in [-0.05, 0) is 0 Å². The van der Waals surface area contributed by atoms with Gasteiger partial charge in [0.1, 0.15) is 6.21 Å². The Kier molecular flexibility index (Phi) is 4.73. The Hall–Kier alpha value is -1.80. The van der Waals surface area contributed by atoms with Gasteiger partial charge in [0.15, 0.2) is 5.92 Å². The fourth-order valence-corrected chi connectivity index (χ4v) is 1.15. The minimum atomic E-state index is -3.26. The van der Waals surface area contributed by atoms with Gasteiger partial charge in [-0.1, -0.05) is 5.16 Å². The van der Waals surface area contributed by atoms with E-state index in [1.807, 2.05) is 5.32 Å². The van der Waals surface area contributed by atoms with E-state index in [0.29, 0.717) is 6.21 Å². The monoisotopic (exact) mass is 239 g/mol. The molecule has 92 valence electrons. The van der Waals surface area contributed by atoms with Gasteiger partial charge in [-0.25, -0.2) is 8.78 Å². The molecular formula is C7H11F2N3O4. The van der Waals surface area contributed by atoms with Crippen molar-refractivity contribution in [3.05, 3.63) is 10.1 Å². The maximum atomic E-state index is 12.6. The SMILES string of the molecule is CNC(=O)C(C(F)F)C(C)(/C=N\O)[N+](=O)[O-]. The third kappa shape index (κ3) is 2.61. The normalized spacial score (nSPS) is 17.1. The molecule has 7 nitrogen and oxygen atoms in total. The van der Waals surface area contributed by atoms with Crippen LogP contribution in [0.2, 0.25) is 0 Å². The highest BCUT2D eigenvalue weighted by molar-refractivity contribution is 5.85. The van der Waals surface area contributed by atoms with Gasteiger partial charge >= 0.3 is 0 Å². The van der Waals surface area contributed by atoms with Crippen LogP contribution in [0.4, 0.5) is 8.78 Å². The maximum Gasteiger partial charge on any atom is 0.274 e. The number of nitrogens with zero attached hydrogens (tertiary/aromatic N) is 2. The van der Waals surface area contributed by atoms with Crippen molar-refractivity contribution < 1.29 is 23.7 Å². The average molecular weight is 239 g/mol. The predicted molar refractivity (Wildman–Crippen MR) is 49.2 cm³/mol. The molecule has 0 radical (unpaired) electrons. The number of alkyl halides is 2. The molecule has 0 aliphatic carbocycles. The summed E-state index contributed by atoms with van der Waals surface area (Å²) in [7, 11) is 1.08. The van der Waals surface area contributed by atoms with Crippen LogP contribution in [-0.4, -0.2) is 41.3 Å². The molecule has 0 saturated heterocycles. The van der Waals surface area contributed by atoms with E-state index in [9.17, 15) is 23.7 Å². The molecule has 0 spiro atoms. The van der Waals surface area contributed by atoms with Crippen molar-refractivity contribution in [3.8, 4) is 0 Å². The van der Waals surface area contributed by atoms with E-state index in [1.54, 1.807) is 0 Å². The van der Waals surface area contributed by atoms with Gasteiger partial charge in [0, 0.05) is 18.9 Å². The molecule has 0 fully saturated rings. The molecule has 2 N–H and O–H groups in total. The zero-order valence-corrected chi connectivity index (χ0v) is 8.55. The minimum Gasteiger partial charge on any atom is -0.411 e. The van der Waals surface area contributed by atoms with E-state index < -0.39 is 28.7 Å². The molecule has 0 bridgehead atoms. The number of hydrogen-bond acceptors (Lipinski definition) is 5. The first kappa shape index (κ1) is 14.2. The van der Waals surface area contributed by atoms with Crippen molar-refractivity contribution in [2.24, 2.45) is 11.1 Å². The molecule has 16 heavy (non-hydrogen) atoms. The Labute approximate surface area is 89.3 Å². The van der Waals surface area contributed by atoms with E-state index in [-0.39, 0.29) is 0 Å². The van der Waals surface area contributed by atoms with Crippen LogP contribution in [0.5, 0.6) is 0 Å². The first-order valence-corrected chi connectivity index (χ1v) is 4.14. The maximum absolute atomic E-state index is 12.6. The fourth-order valence-electron chi connectivity index (χ4n) is 1.15. The molecule has 0 aromatic heterocycles. The number of hydrogen-bond donors (Lipinski definition) is 2. The number of nitrogens with one attached hydrogen (secondary N) is 1. The standard InChI is InChI=1S/C7H11F2N3O4/c1-7(3-11-14,12(15)16)4(5(8)9)6(13)10-2/h3-5,14H,1-2H3,(H,10,13)/b11-3-. The fraction of sp³-hybridized carbons (Fsp3) is 0.714. The molecule has 0 aliphatic rings. The average Bonchev–Trinajstić information content (AvgIpc) is 2.17. The Bertz CT molecular complexity index is 310. The Morgan fingerprint density at radius 1 is 1.69 bits per heavy atom. The summed E-state index contributed by atoms with van der Waals surface area (Å²) in [4.78, 5) is 20.7. The second kappa shape index (κ2) is 5.33. The van der Waals surface area contributed by atoms with Crippen molar-refractivity contribution in [1.29, 1.82) is 0 Å². The van der Waals surface area contributed by atoms with Crippen LogP contribution in [0, 0.1) is 16.0 Å². The Balaban J connectivity index is 5.44. The Morgan fingerprint density at radius 2 is 2.19 bits per heavy atom. The van der Waals surface area contributed by atoms with E-state index in [4.69, 9.17) is 5.21 Å². The first-order valence-electron chi connectivity index (χ1n) is 4.14. The topological polar surface area (TPSA) is 105 Å². The number of rotatable bonds is 5. The highest BCUT2D eigenvalue weighted by Gasteiger charge is 2.54. The second-order valence-corrected chi connectivity index (χ2v) is 3.15. The number of carbonyl (C=O) groups is 1. The van der Waals surface area contributed by atoms with Gasteiger partial charge in [-0.3, -0.25) is 14.9 Å². The summed E-state index contributed by atoms with van der Waals surface area (Å²) in [6.45, 7) is 0.777. The largest absolute Gasteiger partial charge is 0.411 e. The number of nitro groups is 1. The zero-order chi connectivity index (χ0) is 12.9. The van der Waals surface area contributed by atoms with Crippen LogP contribution < -0.4 is 5.32 Å². The molecule has 0 saturated carbocycles. The third-order valence-electron chi connectivity index (χ3n) is 2.12. The second-order valence-electron chi connectivity index (χ2n) is 3.15. The van der Waals surface area contributed by atoms with Gasteiger partial charge in [0.2, 0.25) is 5.91 Å². The predicted octanol–water partition coefficient (Wildman–Crippen LogP) is 0.109. The van der Waals surface area contributed by atoms with Gasteiger partial charge in [-0.2, -0.15) is 0 Å². The quantitative estimate of drug-likeness (QED) is 0.307. The van der Waals surface area contributed by atoms with Gasteiger partial charge in [-0.15, -0.1) is 0 Å². The minimum absolute atomic E-state index is 0.305. The lowest BCUT2D eigenvalue weighted by molar-refractivity contribution is -0.551. The van der Waals surface area contributed by atoms with E-state index >= 15 is 0 Å². The van der Waals surface area contributed by atoms with Crippen LogP contribution in [0.25, 0.3) is 0 Å². The van der Waals surface area contributed by atoms with E-state index in [0.717, 1.165) is 14.0 Å². The first-order chi connectivity index (χ1) is 7.31. The molecule has 0 heterocycles. The lowest BCUT2D eigenvalue weighted by atomic mass is 9.86. The van der Waals surface area contributed by atoms with Crippen LogP contribution in [0.3, 0.4) is 0 Å². The van der Waals surface area contributed by atoms with E-state index in [1.165, 1.54) is 0 Å². The van der Waals surface area contributed by atoms with Crippen LogP contribution in [0.1, 0.15) is 6.92 Å². The molecule has 1 amide bonds. The van der Waals surface area contributed by atoms with Crippen molar-refractivity contribution in [2.75, 3.05) is 7.05 Å². The third-order valence-corrected chi connectivity index (χ3v) is 2.12. The smallest absolute Gasteiger partial charge is 0.274 e. The summed E-state index contributed by atoms with van der Waals surface area (Å²) in [6.07, 6.45) is -2.95. The van der Waals surface area contributed by atoms with Crippen molar-refractivity contribution in [1.82, 2.24) is 5.32 Å². The van der Waals surface area contributed by atoms with Crippen molar-refractivity contribution in [3.63, 3.8) is 0 Å². The molecule has 9 heteroatoms. The highest BCUT2D eigenvalue weighted by atomic mass is 19.3. The highest BCUT2D eigenvalue weighted by Crippen LogP contribution is 2.26. The van der Waals surface area contributed by atoms with Gasteiger partial charge in [0.05, 0.1) is 0 Å². The van der Waals surface area contributed by atoms with Crippen LogP contribution >= 0.6 is 0 Å². The number of halogens is 2. The van der Waals surface area contributed by atoms with Gasteiger partial charge < -0.3 is 10.5 Å². The Morgan fingerprint density at radius 3 is 2.44 bits per heavy atom. The molecule has 2 atom stereocenters. The number of oxime groups is 1. The summed E-state index contributed by atoms with van der Waals surface area (Å²) in [5.41, 5.74) is -2.47. The molecule has 0 aromatic rings. The van der Waals surface area contributed by atoms with Crippen molar-refractivity contribution >= 4 is 12.1 Å². The number of amides is 1. The molecule has 0 aromatic carbocycles. The molecular weight excluding hydrogens is 228 g/mol. The van der Waals surface area contributed by atoms with Crippen LogP contribution in [0.15, 0.2) is 5.16 Å². The summed E-state index contributed by atoms with van der Waals surface area (Å²) in [5.74, 6) is -3.43. The van der Waals surface area contributed by atoms with Gasteiger partial charge in [0.25, 0.3) is 12.0 Å². The summed E-state index contributed by atoms with van der Waals surface area (Å²) in [6, 6.07) is 0. The summed E-state index contributed by atoms with van der Waals surface area (Å²) < 4.78 is 25.2. The number of carbonyl (C=O) groups excluding carboxylic acids is 1. The van der Waals surface area contributed by atoms with E-state index in [2.05, 4.69) is 5.16 Å². The lowest BCUT2D eigenvalue weighted by Crippen LogP contribution is -2.53. The van der Waals surface area contributed by atoms with Crippen LogP contribution in [-0.2, 0) is 4.79 Å². The molecule has 0 aliphatic heterocycles. The summed E-state index contributed by atoms with van der Waals surface area (Å²) >= 11 is 0. The van der Waals surface area contributed by atoms with Crippen molar-refractivity contribution in [2.45, 2.75) is 18.9 Å². The molecule has 2 unspecified atom stereocenters. The summed E-state index contributed by atoms with van der Waals surface area (Å²) in [5, 5.41) is 23.2. The molecule has 0 rings (SSSR count). The lowest BCUT2D eigenvalue weighted by Gasteiger charge is -2.24. The zero-order valence-electron chi connectivity index (χ0n) is 8.55.